The summed E-state index contributed by atoms with van der Waals surface area (Å²) >= 11 is 0. The van der Waals surface area contributed by atoms with Crippen molar-refractivity contribution in [1.82, 2.24) is 5.43 Å². The number of hydrogen-bond donors (Lipinski definition) is 1. The molecule has 0 aliphatic carbocycles. The van der Waals surface area contributed by atoms with Gasteiger partial charge in [0.1, 0.15) is 17.2 Å². The van der Waals surface area contributed by atoms with Crippen LogP contribution in [0.3, 0.4) is 0 Å². The number of hydrazine groups is 1. The monoisotopic (exact) mass is 298 g/mol. The molecule has 2 aromatic rings. The Bertz CT molecular complexity index is 761. The summed E-state index contributed by atoms with van der Waals surface area (Å²) in [7, 11) is 0. The predicted octanol–water partition coefficient (Wildman–Crippen LogP) is 2.44. The molecule has 1 saturated heterocycles. The zero-order valence-corrected chi connectivity index (χ0v) is 11.3. The number of carbonyl (C=O) groups excluding carboxylic acids is 2. The third-order valence-electron chi connectivity index (χ3n) is 3.04. The van der Waals surface area contributed by atoms with Gasteiger partial charge in [0.2, 0.25) is 0 Å². The summed E-state index contributed by atoms with van der Waals surface area (Å²) in [6, 6.07) is 8.73. The molecule has 22 heavy (non-hydrogen) atoms. The van der Waals surface area contributed by atoms with E-state index >= 15 is 0 Å². The first-order chi connectivity index (χ1) is 10.6. The first-order valence-corrected chi connectivity index (χ1v) is 6.48. The Morgan fingerprint density at radius 1 is 1.14 bits per heavy atom. The van der Waals surface area contributed by atoms with E-state index in [1.807, 2.05) is 0 Å². The van der Waals surface area contributed by atoms with Crippen molar-refractivity contribution in [2.45, 2.75) is 0 Å². The van der Waals surface area contributed by atoms with Crippen molar-refractivity contribution in [2.75, 3.05) is 5.01 Å². The van der Waals surface area contributed by atoms with Crippen molar-refractivity contribution in [3.63, 3.8) is 0 Å². The van der Waals surface area contributed by atoms with Gasteiger partial charge in [0.25, 0.3) is 11.8 Å². The quantitative estimate of drug-likeness (QED) is 0.699. The molecule has 110 valence electrons. The van der Waals surface area contributed by atoms with E-state index in [4.69, 9.17) is 4.42 Å². The highest BCUT2D eigenvalue weighted by molar-refractivity contribution is 6.29. The summed E-state index contributed by atoms with van der Waals surface area (Å²) in [5.74, 6) is -0.823. The van der Waals surface area contributed by atoms with Crippen molar-refractivity contribution < 1.29 is 18.4 Å². The van der Waals surface area contributed by atoms with Crippen molar-refractivity contribution in [3.8, 4) is 0 Å². The molecule has 5 nitrogen and oxygen atoms in total. The fraction of sp³-hybridized carbons (Fsp3) is 0. The van der Waals surface area contributed by atoms with E-state index in [9.17, 15) is 14.0 Å². The zero-order chi connectivity index (χ0) is 15.5. The van der Waals surface area contributed by atoms with Gasteiger partial charge >= 0.3 is 0 Å². The minimum absolute atomic E-state index is 0.00729. The van der Waals surface area contributed by atoms with Crippen LogP contribution in [0.15, 0.2) is 64.8 Å². The highest BCUT2D eigenvalue weighted by Crippen LogP contribution is 2.20. The normalized spacial score (nSPS) is 16.8. The summed E-state index contributed by atoms with van der Waals surface area (Å²) in [5.41, 5.74) is 2.81. The first-order valence-electron chi connectivity index (χ1n) is 6.48. The van der Waals surface area contributed by atoms with Crippen LogP contribution in [0.1, 0.15) is 5.76 Å². The minimum atomic E-state index is -0.515. The topological polar surface area (TPSA) is 62.6 Å². The molecule has 1 N–H and O–H groups in total. The summed E-state index contributed by atoms with van der Waals surface area (Å²) in [6.07, 6.45) is 6.12. The van der Waals surface area contributed by atoms with Crippen molar-refractivity contribution in [3.05, 3.63) is 72.0 Å². The molecular formula is C16H11FN2O3. The maximum atomic E-state index is 12.9. The summed E-state index contributed by atoms with van der Waals surface area (Å²) in [5, 5.41) is 1.08. The lowest BCUT2D eigenvalue weighted by Crippen LogP contribution is -2.35. The second kappa shape index (κ2) is 5.69. The first kappa shape index (κ1) is 13.8. The highest BCUT2D eigenvalue weighted by Gasteiger charge is 2.33. The molecule has 3 rings (SSSR count). The molecule has 1 aliphatic rings. The van der Waals surface area contributed by atoms with Gasteiger partial charge in [-0.05, 0) is 48.6 Å². The number of anilines is 1. The lowest BCUT2D eigenvalue weighted by atomic mass is 10.2. The van der Waals surface area contributed by atoms with Crippen molar-refractivity contribution in [1.29, 1.82) is 0 Å². The Hall–Kier alpha value is -3.15. The van der Waals surface area contributed by atoms with Gasteiger partial charge in [-0.3, -0.25) is 15.0 Å². The fourth-order valence-electron chi connectivity index (χ4n) is 1.97. The molecule has 1 aromatic heterocycles. The third-order valence-corrected chi connectivity index (χ3v) is 3.04. The summed E-state index contributed by atoms with van der Waals surface area (Å²) < 4.78 is 18.0. The van der Waals surface area contributed by atoms with Crippen molar-refractivity contribution >= 4 is 23.6 Å². The lowest BCUT2D eigenvalue weighted by molar-refractivity contribution is -0.117. The second-order valence-electron chi connectivity index (χ2n) is 4.51. The number of amides is 2. The largest absolute Gasteiger partial charge is 0.465 e. The number of furan rings is 1. The van der Waals surface area contributed by atoms with E-state index in [-0.39, 0.29) is 5.57 Å². The van der Waals surface area contributed by atoms with Crippen LogP contribution in [0.25, 0.3) is 6.08 Å². The Balaban J connectivity index is 1.80. The molecule has 2 heterocycles. The molecule has 0 radical (unpaired) electrons. The Labute approximate surface area is 125 Å². The second-order valence-corrected chi connectivity index (χ2v) is 4.51. The molecule has 0 unspecified atom stereocenters. The number of carbonyl (C=O) groups is 2. The molecule has 1 aromatic carbocycles. The van der Waals surface area contributed by atoms with Crippen LogP contribution in [0.5, 0.6) is 0 Å². The van der Waals surface area contributed by atoms with Crippen LogP contribution >= 0.6 is 0 Å². The number of nitrogens with one attached hydrogen (secondary N) is 1. The molecule has 2 amide bonds. The van der Waals surface area contributed by atoms with E-state index in [0.717, 1.165) is 5.01 Å². The lowest BCUT2D eigenvalue weighted by Gasteiger charge is -2.14. The molecular weight excluding hydrogens is 287 g/mol. The van der Waals surface area contributed by atoms with E-state index in [2.05, 4.69) is 5.43 Å². The molecule has 0 atom stereocenters. The van der Waals surface area contributed by atoms with Gasteiger partial charge in [-0.15, -0.1) is 0 Å². The molecule has 1 fully saturated rings. The van der Waals surface area contributed by atoms with Crippen LogP contribution in [0.2, 0.25) is 0 Å². The number of hydrogen-bond acceptors (Lipinski definition) is 3. The number of rotatable bonds is 3. The molecule has 1 aliphatic heterocycles. The summed E-state index contributed by atoms with van der Waals surface area (Å²) in [6.45, 7) is 0. The minimum Gasteiger partial charge on any atom is -0.465 e. The maximum absolute atomic E-state index is 12.9. The fourth-order valence-corrected chi connectivity index (χ4v) is 1.97. The molecule has 0 spiro atoms. The number of halogens is 1. The Kier molecular flexibility index (Phi) is 3.57. The zero-order valence-electron chi connectivity index (χ0n) is 11.3. The maximum Gasteiger partial charge on any atom is 0.282 e. The van der Waals surface area contributed by atoms with Crippen LogP contribution in [-0.2, 0) is 9.59 Å². The van der Waals surface area contributed by atoms with Crippen LogP contribution < -0.4 is 10.4 Å². The van der Waals surface area contributed by atoms with Gasteiger partial charge in [-0.1, -0.05) is 6.08 Å². The predicted molar refractivity (Wildman–Crippen MR) is 77.9 cm³/mol. The average Bonchev–Trinajstić information content (AvgIpc) is 3.11. The summed E-state index contributed by atoms with van der Waals surface area (Å²) in [4.78, 5) is 24.1. The van der Waals surface area contributed by atoms with E-state index in [1.165, 1.54) is 36.6 Å². The number of allylic oxidation sites excluding steroid dienone is 2. The molecule has 0 bridgehead atoms. The van der Waals surface area contributed by atoms with Crippen LogP contribution in [0.4, 0.5) is 10.1 Å². The smallest absolute Gasteiger partial charge is 0.282 e. The third kappa shape index (κ3) is 2.67. The van der Waals surface area contributed by atoms with Crippen LogP contribution in [0, 0.1) is 5.82 Å². The average molecular weight is 298 g/mol. The number of nitrogens with zero attached hydrogens (tertiary/aromatic N) is 1. The van der Waals surface area contributed by atoms with E-state index < -0.39 is 17.6 Å². The number of benzene rings is 1. The Morgan fingerprint density at radius 3 is 2.59 bits per heavy atom. The van der Waals surface area contributed by atoms with Crippen LogP contribution in [-0.4, -0.2) is 11.8 Å². The van der Waals surface area contributed by atoms with Gasteiger partial charge in [0.05, 0.1) is 12.0 Å². The van der Waals surface area contributed by atoms with E-state index in [1.54, 1.807) is 24.3 Å². The molecule has 6 heteroatoms. The molecule has 0 saturated carbocycles. The highest BCUT2D eigenvalue weighted by atomic mass is 19.1. The Morgan fingerprint density at radius 2 is 1.91 bits per heavy atom. The standard InChI is InChI=1S/C16H11FN2O3/c17-11-6-8-12(9-7-11)19-16(21)14(15(20)18-19)5-1-3-13-4-2-10-22-13/h1-10H,(H,18,20)/b3-1+,14-5+. The van der Waals surface area contributed by atoms with Gasteiger partial charge < -0.3 is 4.42 Å². The van der Waals surface area contributed by atoms with Gasteiger partial charge in [-0.2, -0.15) is 0 Å². The SMILES string of the molecule is O=C1NN(c2ccc(F)cc2)C(=O)/C1=C/C=C/c1ccco1. The van der Waals surface area contributed by atoms with Crippen molar-refractivity contribution in [2.24, 2.45) is 0 Å². The van der Waals surface area contributed by atoms with E-state index in [0.29, 0.717) is 11.4 Å². The van der Waals surface area contributed by atoms with Gasteiger partial charge in [0, 0.05) is 0 Å². The van der Waals surface area contributed by atoms with Gasteiger partial charge in [0.15, 0.2) is 0 Å². The van der Waals surface area contributed by atoms with Gasteiger partial charge in [-0.25, -0.2) is 9.40 Å².